The van der Waals surface area contributed by atoms with E-state index in [0.717, 1.165) is 24.3 Å². The molecule has 2 unspecified atom stereocenters. The largest absolute Gasteiger partial charge is 0.469 e. The van der Waals surface area contributed by atoms with Gasteiger partial charge in [0.05, 0.1) is 25.1 Å². The van der Waals surface area contributed by atoms with Crippen LogP contribution in [0.15, 0.2) is 17.5 Å². The van der Waals surface area contributed by atoms with E-state index in [1.165, 1.54) is 18.4 Å². The summed E-state index contributed by atoms with van der Waals surface area (Å²) in [6, 6.07) is 3.50. The number of amides is 1. The van der Waals surface area contributed by atoms with E-state index in [4.69, 9.17) is 4.74 Å². The van der Waals surface area contributed by atoms with Crippen molar-refractivity contribution in [2.45, 2.75) is 37.8 Å². The van der Waals surface area contributed by atoms with Crippen LogP contribution in [-0.2, 0) is 14.3 Å². The summed E-state index contributed by atoms with van der Waals surface area (Å²) in [5.41, 5.74) is -0.536. The average molecular weight is 296 g/mol. The van der Waals surface area contributed by atoms with Crippen molar-refractivity contribution < 1.29 is 14.3 Å². The third kappa shape index (κ3) is 3.37. The van der Waals surface area contributed by atoms with Crippen LogP contribution in [0.5, 0.6) is 0 Å². The van der Waals surface area contributed by atoms with Gasteiger partial charge in [0.1, 0.15) is 0 Å². The number of rotatable bonds is 5. The zero-order chi connectivity index (χ0) is 14.6. The van der Waals surface area contributed by atoms with Crippen LogP contribution < -0.4 is 10.6 Å². The summed E-state index contributed by atoms with van der Waals surface area (Å²) >= 11 is 1.52. The van der Waals surface area contributed by atoms with E-state index in [1.54, 1.807) is 0 Å². The Bertz CT molecular complexity index is 467. The molecule has 20 heavy (non-hydrogen) atoms. The Morgan fingerprint density at radius 2 is 2.40 bits per heavy atom. The Kier molecular flexibility index (Phi) is 4.77. The fourth-order valence-electron chi connectivity index (χ4n) is 2.37. The minimum atomic E-state index is -0.536. The lowest BCUT2D eigenvalue weighted by Gasteiger charge is -2.26. The number of ether oxygens (including phenoxy) is 1. The van der Waals surface area contributed by atoms with Gasteiger partial charge in [0.2, 0.25) is 5.91 Å². The van der Waals surface area contributed by atoms with Crippen molar-refractivity contribution in [3.05, 3.63) is 22.4 Å². The molecule has 1 aliphatic rings. The molecule has 2 atom stereocenters. The molecule has 1 aliphatic heterocycles. The van der Waals surface area contributed by atoms with Gasteiger partial charge in [-0.15, -0.1) is 11.3 Å². The van der Waals surface area contributed by atoms with Crippen LogP contribution in [0.2, 0.25) is 0 Å². The molecule has 1 saturated heterocycles. The van der Waals surface area contributed by atoms with Crippen LogP contribution in [0.25, 0.3) is 0 Å². The minimum Gasteiger partial charge on any atom is -0.469 e. The van der Waals surface area contributed by atoms with Crippen LogP contribution in [0.1, 0.15) is 37.1 Å². The lowest BCUT2D eigenvalue weighted by atomic mass is 9.98. The normalized spacial score (nSPS) is 23.3. The summed E-state index contributed by atoms with van der Waals surface area (Å²) < 4.78 is 4.71. The van der Waals surface area contributed by atoms with Gasteiger partial charge in [-0.3, -0.25) is 9.59 Å². The highest BCUT2D eigenvalue weighted by atomic mass is 32.1. The Hall–Kier alpha value is -1.40. The monoisotopic (exact) mass is 296 g/mol. The van der Waals surface area contributed by atoms with E-state index in [9.17, 15) is 9.59 Å². The Morgan fingerprint density at radius 1 is 1.60 bits per heavy atom. The standard InChI is InChI=1S/C14H20N2O3S/c1-14(6-4-7-15-14)13(18)16-10(9-12(17)19-2)11-5-3-8-20-11/h3,5,8,10,15H,4,6-7,9H2,1-2H3,(H,16,18). The SMILES string of the molecule is COC(=O)CC(NC(=O)C1(C)CCCN1)c1cccs1. The van der Waals surface area contributed by atoms with Gasteiger partial charge in [0, 0.05) is 4.88 Å². The number of nitrogens with one attached hydrogen (secondary N) is 2. The Morgan fingerprint density at radius 3 is 2.95 bits per heavy atom. The molecule has 110 valence electrons. The number of esters is 1. The van der Waals surface area contributed by atoms with Crippen molar-refractivity contribution in [2.75, 3.05) is 13.7 Å². The summed E-state index contributed by atoms with van der Waals surface area (Å²) in [5, 5.41) is 8.13. The van der Waals surface area contributed by atoms with E-state index in [-0.39, 0.29) is 24.3 Å². The number of hydrogen-bond acceptors (Lipinski definition) is 5. The van der Waals surface area contributed by atoms with Crippen molar-refractivity contribution in [1.82, 2.24) is 10.6 Å². The molecule has 6 heteroatoms. The number of carbonyl (C=O) groups excluding carboxylic acids is 2. The smallest absolute Gasteiger partial charge is 0.307 e. The zero-order valence-electron chi connectivity index (χ0n) is 11.8. The van der Waals surface area contributed by atoms with Crippen molar-refractivity contribution in [3.8, 4) is 0 Å². The molecule has 0 spiro atoms. The summed E-state index contributed by atoms with van der Waals surface area (Å²) in [6.07, 6.45) is 1.96. The highest BCUT2D eigenvalue weighted by Gasteiger charge is 2.37. The molecule has 0 aliphatic carbocycles. The summed E-state index contributed by atoms with van der Waals surface area (Å²) in [5.74, 6) is -0.384. The molecule has 2 N–H and O–H groups in total. The predicted octanol–water partition coefficient (Wildman–Crippen LogP) is 1.61. The third-order valence-corrected chi connectivity index (χ3v) is 4.65. The molecule has 0 saturated carbocycles. The van der Waals surface area contributed by atoms with Gasteiger partial charge in [-0.2, -0.15) is 0 Å². The van der Waals surface area contributed by atoms with Crippen molar-refractivity contribution in [2.24, 2.45) is 0 Å². The van der Waals surface area contributed by atoms with Gasteiger partial charge in [-0.25, -0.2) is 0 Å². The summed E-state index contributed by atoms with van der Waals surface area (Å²) in [7, 11) is 1.36. The van der Waals surface area contributed by atoms with Crippen LogP contribution in [0.4, 0.5) is 0 Å². The maximum atomic E-state index is 12.4. The molecular formula is C14H20N2O3S. The second-order valence-corrected chi connectivity index (χ2v) is 6.16. The Balaban J connectivity index is 2.07. The molecule has 1 aromatic heterocycles. The average Bonchev–Trinajstić information content (AvgIpc) is 3.09. The fourth-order valence-corrected chi connectivity index (χ4v) is 3.15. The van der Waals surface area contributed by atoms with Gasteiger partial charge < -0.3 is 15.4 Å². The molecule has 0 aromatic carbocycles. The zero-order valence-corrected chi connectivity index (χ0v) is 12.6. The molecule has 0 radical (unpaired) electrons. The fraction of sp³-hybridized carbons (Fsp3) is 0.571. The highest BCUT2D eigenvalue weighted by molar-refractivity contribution is 7.10. The van der Waals surface area contributed by atoms with E-state index in [1.807, 2.05) is 24.4 Å². The van der Waals surface area contributed by atoms with Crippen LogP contribution in [-0.4, -0.2) is 31.1 Å². The van der Waals surface area contributed by atoms with Crippen LogP contribution >= 0.6 is 11.3 Å². The number of carbonyl (C=O) groups is 2. The first-order valence-corrected chi connectivity index (χ1v) is 7.59. The molecule has 1 fully saturated rings. The van der Waals surface area contributed by atoms with Gasteiger partial charge in [0.25, 0.3) is 0 Å². The number of thiophene rings is 1. The number of methoxy groups -OCH3 is 1. The maximum Gasteiger partial charge on any atom is 0.307 e. The molecule has 5 nitrogen and oxygen atoms in total. The highest BCUT2D eigenvalue weighted by Crippen LogP contribution is 2.25. The van der Waals surface area contributed by atoms with E-state index >= 15 is 0 Å². The lowest BCUT2D eigenvalue weighted by molar-refractivity contribution is -0.141. The van der Waals surface area contributed by atoms with Gasteiger partial charge in [-0.1, -0.05) is 6.07 Å². The van der Waals surface area contributed by atoms with Gasteiger partial charge >= 0.3 is 5.97 Å². The van der Waals surface area contributed by atoms with Crippen molar-refractivity contribution in [1.29, 1.82) is 0 Å². The first-order valence-electron chi connectivity index (χ1n) is 6.71. The van der Waals surface area contributed by atoms with E-state index in [2.05, 4.69) is 10.6 Å². The second-order valence-electron chi connectivity index (χ2n) is 5.18. The van der Waals surface area contributed by atoms with Crippen molar-refractivity contribution in [3.63, 3.8) is 0 Å². The molecule has 2 rings (SSSR count). The molecule has 1 aromatic rings. The van der Waals surface area contributed by atoms with Crippen LogP contribution in [0, 0.1) is 0 Å². The minimum absolute atomic E-state index is 0.0581. The first-order chi connectivity index (χ1) is 9.55. The molecule has 0 bridgehead atoms. The van der Waals surface area contributed by atoms with E-state index in [0.29, 0.717) is 0 Å². The molecule has 2 heterocycles. The van der Waals surface area contributed by atoms with E-state index < -0.39 is 5.54 Å². The molecular weight excluding hydrogens is 276 g/mol. The van der Waals surface area contributed by atoms with Gasteiger partial charge in [-0.05, 0) is 37.8 Å². The second kappa shape index (κ2) is 6.37. The Labute approximate surface area is 122 Å². The third-order valence-electron chi connectivity index (χ3n) is 3.66. The maximum absolute atomic E-state index is 12.4. The number of hydrogen-bond donors (Lipinski definition) is 2. The topological polar surface area (TPSA) is 67.4 Å². The summed E-state index contributed by atoms with van der Waals surface area (Å²) in [6.45, 7) is 2.75. The molecule has 1 amide bonds. The summed E-state index contributed by atoms with van der Waals surface area (Å²) in [4.78, 5) is 24.9. The lowest BCUT2D eigenvalue weighted by Crippen LogP contribution is -2.52. The van der Waals surface area contributed by atoms with Crippen LogP contribution in [0.3, 0.4) is 0 Å². The first kappa shape index (κ1) is 15.0. The van der Waals surface area contributed by atoms with Gasteiger partial charge in [0.15, 0.2) is 0 Å². The van der Waals surface area contributed by atoms with Crippen molar-refractivity contribution >= 4 is 23.2 Å². The predicted molar refractivity (Wildman–Crippen MR) is 77.5 cm³/mol. The quantitative estimate of drug-likeness (QED) is 0.810.